The summed E-state index contributed by atoms with van der Waals surface area (Å²) >= 11 is 0. The molecule has 0 aliphatic carbocycles. The number of hydrogen-bond acceptors (Lipinski definition) is 4. The molecule has 102 valence electrons. The summed E-state index contributed by atoms with van der Waals surface area (Å²) in [4.78, 5) is 11.0. The molecule has 0 radical (unpaired) electrons. The molecule has 0 saturated carbocycles. The number of aromatic nitrogens is 3. The molecule has 2 N–H and O–H groups in total. The van der Waals surface area contributed by atoms with Crippen molar-refractivity contribution in [1.29, 1.82) is 0 Å². The van der Waals surface area contributed by atoms with Crippen LogP contribution in [0.15, 0.2) is 12.4 Å². The molecule has 1 aromatic heterocycles. The first kappa shape index (κ1) is 14.4. The highest BCUT2D eigenvalue weighted by atomic mass is 19.4. The van der Waals surface area contributed by atoms with Crippen LogP contribution >= 0.6 is 0 Å². The lowest BCUT2D eigenvalue weighted by Crippen LogP contribution is -2.39. The smallest absolute Gasteiger partial charge is 0.346 e. The monoisotopic (exact) mass is 265 g/mol. The Balaban J connectivity index is 1.99. The summed E-state index contributed by atoms with van der Waals surface area (Å²) in [7, 11) is 0. The third-order valence-corrected chi connectivity index (χ3v) is 1.98. The minimum absolute atomic E-state index is 0.132. The van der Waals surface area contributed by atoms with E-state index in [9.17, 15) is 18.0 Å². The van der Waals surface area contributed by atoms with E-state index in [1.807, 2.05) is 0 Å². The largest absolute Gasteiger partial charge is 0.405 e. The van der Waals surface area contributed by atoms with Crippen molar-refractivity contribution in [1.82, 2.24) is 25.6 Å². The van der Waals surface area contributed by atoms with E-state index in [0.717, 1.165) is 0 Å². The van der Waals surface area contributed by atoms with Crippen molar-refractivity contribution in [2.24, 2.45) is 0 Å². The zero-order valence-electron chi connectivity index (χ0n) is 9.57. The average molecular weight is 265 g/mol. The number of carbonyl (C=O) groups excluding carboxylic acids is 1. The van der Waals surface area contributed by atoms with Gasteiger partial charge in [-0.3, -0.25) is 9.48 Å². The third-order valence-electron chi connectivity index (χ3n) is 1.98. The van der Waals surface area contributed by atoms with E-state index in [1.165, 1.54) is 0 Å². The second kappa shape index (κ2) is 6.94. The molecule has 0 spiro atoms. The van der Waals surface area contributed by atoms with Gasteiger partial charge in [0.2, 0.25) is 5.91 Å². The number of halogens is 3. The molecule has 1 amide bonds. The van der Waals surface area contributed by atoms with Crippen LogP contribution < -0.4 is 10.6 Å². The van der Waals surface area contributed by atoms with Crippen LogP contribution in [0.1, 0.15) is 6.42 Å². The summed E-state index contributed by atoms with van der Waals surface area (Å²) in [6.45, 7) is -0.281. The van der Waals surface area contributed by atoms with Gasteiger partial charge in [0.05, 0.1) is 12.7 Å². The zero-order valence-corrected chi connectivity index (χ0v) is 9.57. The number of aryl methyl sites for hydroxylation is 1. The maximum absolute atomic E-state index is 11.8. The van der Waals surface area contributed by atoms with Crippen molar-refractivity contribution < 1.29 is 18.0 Å². The molecule has 0 saturated heterocycles. The first-order valence-corrected chi connectivity index (χ1v) is 5.35. The van der Waals surface area contributed by atoms with Crippen LogP contribution in [-0.2, 0) is 11.3 Å². The summed E-state index contributed by atoms with van der Waals surface area (Å²) in [5.74, 6) is -0.673. The van der Waals surface area contributed by atoms with Crippen molar-refractivity contribution in [3.05, 3.63) is 12.4 Å². The molecule has 0 aliphatic heterocycles. The second-order valence-corrected chi connectivity index (χ2v) is 3.59. The zero-order chi connectivity index (χ0) is 13.4. The van der Waals surface area contributed by atoms with Gasteiger partial charge in [0.15, 0.2) is 0 Å². The van der Waals surface area contributed by atoms with Gasteiger partial charge in [-0.2, -0.15) is 13.2 Å². The number of alkyl halides is 3. The molecular formula is C9H14F3N5O. The predicted molar refractivity (Wildman–Crippen MR) is 56.6 cm³/mol. The molecule has 0 aromatic carbocycles. The van der Waals surface area contributed by atoms with Crippen LogP contribution in [0.25, 0.3) is 0 Å². The fourth-order valence-electron chi connectivity index (χ4n) is 1.18. The van der Waals surface area contributed by atoms with Gasteiger partial charge in [0.25, 0.3) is 0 Å². The molecule has 1 heterocycles. The number of hydrogen-bond donors (Lipinski definition) is 2. The highest BCUT2D eigenvalue weighted by Gasteiger charge is 2.27. The summed E-state index contributed by atoms with van der Waals surface area (Å²) < 4.78 is 36.9. The normalized spacial score (nSPS) is 11.5. The van der Waals surface area contributed by atoms with Gasteiger partial charge in [0, 0.05) is 12.7 Å². The molecule has 0 unspecified atom stereocenters. The van der Waals surface area contributed by atoms with Crippen molar-refractivity contribution >= 4 is 5.91 Å². The Hall–Kier alpha value is -1.64. The van der Waals surface area contributed by atoms with Gasteiger partial charge < -0.3 is 10.6 Å². The predicted octanol–water partition coefficient (Wildman–Crippen LogP) is -0.0637. The quantitative estimate of drug-likeness (QED) is 0.677. The molecular weight excluding hydrogens is 251 g/mol. The van der Waals surface area contributed by atoms with E-state index < -0.39 is 18.6 Å². The van der Waals surface area contributed by atoms with Crippen molar-refractivity contribution in [3.8, 4) is 0 Å². The molecule has 0 bridgehead atoms. The van der Waals surface area contributed by atoms with Crippen molar-refractivity contribution in [3.63, 3.8) is 0 Å². The van der Waals surface area contributed by atoms with E-state index in [2.05, 4.69) is 15.6 Å². The van der Waals surface area contributed by atoms with Crippen LogP contribution in [0.2, 0.25) is 0 Å². The fraction of sp³-hybridized carbons (Fsp3) is 0.667. The Morgan fingerprint density at radius 2 is 2.17 bits per heavy atom. The van der Waals surface area contributed by atoms with E-state index in [0.29, 0.717) is 19.5 Å². The van der Waals surface area contributed by atoms with Gasteiger partial charge in [-0.05, 0) is 13.0 Å². The summed E-state index contributed by atoms with van der Waals surface area (Å²) in [6, 6.07) is 0. The molecule has 0 fully saturated rings. The average Bonchev–Trinajstić information content (AvgIpc) is 2.78. The molecule has 1 aromatic rings. The summed E-state index contributed by atoms with van der Waals surface area (Å²) in [5, 5.41) is 11.9. The summed E-state index contributed by atoms with van der Waals surface area (Å²) in [5.41, 5.74) is 0. The molecule has 0 atom stereocenters. The molecule has 9 heteroatoms. The van der Waals surface area contributed by atoms with E-state index in [-0.39, 0.29) is 6.54 Å². The van der Waals surface area contributed by atoms with Crippen molar-refractivity contribution in [2.45, 2.75) is 19.1 Å². The Labute approximate surface area is 102 Å². The van der Waals surface area contributed by atoms with Crippen LogP contribution in [0.3, 0.4) is 0 Å². The van der Waals surface area contributed by atoms with Gasteiger partial charge in [-0.15, -0.1) is 5.10 Å². The highest BCUT2D eigenvalue weighted by Crippen LogP contribution is 2.11. The van der Waals surface area contributed by atoms with Crippen LogP contribution in [0.4, 0.5) is 13.2 Å². The van der Waals surface area contributed by atoms with Gasteiger partial charge in [-0.25, -0.2) is 0 Å². The second-order valence-electron chi connectivity index (χ2n) is 3.59. The van der Waals surface area contributed by atoms with Gasteiger partial charge in [0.1, 0.15) is 6.54 Å². The number of rotatable bonds is 7. The first-order valence-electron chi connectivity index (χ1n) is 5.35. The fourth-order valence-corrected chi connectivity index (χ4v) is 1.18. The van der Waals surface area contributed by atoms with E-state index >= 15 is 0 Å². The topological polar surface area (TPSA) is 71.8 Å². The SMILES string of the molecule is O=C(CNCCCn1ccnn1)NCC(F)(F)F. The molecule has 1 rings (SSSR count). The van der Waals surface area contributed by atoms with Gasteiger partial charge in [-0.1, -0.05) is 5.21 Å². The van der Waals surface area contributed by atoms with Crippen LogP contribution in [-0.4, -0.2) is 46.7 Å². The van der Waals surface area contributed by atoms with Crippen LogP contribution in [0, 0.1) is 0 Å². The lowest BCUT2D eigenvalue weighted by atomic mass is 10.4. The number of carbonyl (C=O) groups is 1. The molecule has 18 heavy (non-hydrogen) atoms. The molecule has 0 aliphatic rings. The Bertz CT molecular complexity index is 352. The number of amides is 1. The highest BCUT2D eigenvalue weighted by molar-refractivity contribution is 5.77. The minimum Gasteiger partial charge on any atom is -0.346 e. The molecule has 6 nitrogen and oxygen atoms in total. The lowest BCUT2D eigenvalue weighted by Gasteiger charge is -2.08. The van der Waals surface area contributed by atoms with Gasteiger partial charge >= 0.3 is 6.18 Å². The first-order chi connectivity index (χ1) is 8.47. The minimum atomic E-state index is -4.37. The maximum Gasteiger partial charge on any atom is 0.405 e. The van der Waals surface area contributed by atoms with E-state index in [1.54, 1.807) is 22.4 Å². The number of nitrogens with zero attached hydrogens (tertiary/aromatic N) is 3. The van der Waals surface area contributed by atoms with Crippen molar-refractivity contribution in [2.75, 3.05) is 19.6 Å². The van der Waals surface area contributed by atoms with Crippen LogP contribution in [0.5, 0.6) is 0 Å². The Kier molecular flexibility index (Phi) is 5.56. The number of nitrogens with one attached hydrogen (secondary N) is 2. The van der Waals surface area contributed by atoms with E-state index in [4.69, 9.17) is 0 Å². The lowest BCUT2D eigenvalue weighted by molar-refractivity contribution is -0.137. The maximum atomic E-state index is 11.8. The Morgan fingerprint density at radius 3 is 2.78 bits per heavy atom. The Morgan fingerprint density at radius 1 is 1.39 bits per heavy atom. The summed E-state index contributed by atoms with van der Waals surface area (Å²) in [6.07, 6.45) is -0.410. The standard InChI is InChI=1S/C9H14F3N5O/c10-9(11,12)7-14-8(18)6-13-2-1-4-17-5-3-15-16-17/h3,5,13H,1-2,4,6-7H2,(H,14,18). The third kappa shape index (κ3) is 6.84.